The van der Waals surface area contributed by atoms with Crippen molar-refractivity contribution in [3.05, 3.63) is 24.3 Å². The third-order valence-electron chi connectivity index (χ3n) is 1.95. The Hall–Kier alpha value is -0.850. The highest BCUT2D eigenvalue weighted by Gasteiger charge is 2.15. The molecule has 0 aliphatic heterocycles. The Bertz CT molecular complexity index is 189. The Labute approximate surface area is 61.4 Å². The summed E-state index contributed by atoms with van der Waals surface area (Å²) in [4.78, 5) is 11.0. The number of hydrogen-bond acceptors (Lipinski definition) is 1. The topological polar surface area (TPSA) is 17.1 Å². The molecule has 0 aromatic rings. The van der Waals surface area contributed by atoms with Gasteiger partial charge in [-0.25, -0.2) is 0 Å². The second-order valence-electron chi connectivity index (χ2n) is 2.75. The zero-order chi connectivity index (χ0) is 7.56. The summed E-state index contributed by atoms with van der Waals surface area (Å²) < 4.78 is 0. The van der Waals surface area contributed by atoms with Gasteiger partial charge in [-0.05, 0) is 24.8 Å². The lowest BCUT2D eigenvalue weighted by Crippen LogP contribution is -2.11. The fourth-order valence-electron chi connectivity index (χ4n) is 1.10. The molecular formula is C9H12O. The lowest BCUT2D eigenvalue weighted by atomic mass is 9.89. The summed E-state index contributed by atoms with van der Waals surface area (Å²) in [7, 11) is 0. The van der Waals surface area contributed by atoms with E-state index in [0.717, 1.165) is 12.0 Å². The van der Waals surface area contributed by atoms with E-state index in [1.54, 1.807) is 0 Å². The Morgan fingerprint density at radius 1 is 1.80 bits per heavy atom. The molecule has 1 rings (SSSR count). The quantitative estimate of drug-likeness (QED) is 0.504. The molecule has 0 unspecified atom stereocenters. The first-order valence-corrected chi connectivity index (χ1v) is 3.56. The summed E-state index contributed by atoms with van der Waals surface area (Å²) in [5.41, 5.74) is 0.915. The number of allylic oxidation sites excluding steroid dienone is 3. The molecule has 0 spiro atoms. The predicted octanol–water partition coefficient (Wildman–Crippen LogP) is 2.10. The fourth-order valence-corrected chi connectivity index (χ4v) is 1.10. The fraction of sp³-hybridized carbons (Fsp3) is 0.444. The number of carbonyl (C=O) groups excluding carboxylic acids is 1. The van der Waals surface area contributed by atoms with Crippen LogP contribution in [-0.4, -0.2) is 5.78 Å². The molecule has 1 aliphatic rings. The molecular weight excluding hydrogens is 124 g/mol. The van der Waals surface area contributed by atoms with E-state index in [0.29, 0.717) is 12.3 Å². The number of hydrogen-bond donors (Lipinski definition) is 0. The SMILES string of the molecule is C=C[C@H]1CC=C(C)C(=O)C1. The minimum absolute atomic E-state index is 0.274. The summed E-state index contributed by atoms with van der Waals surface area (Å²) in [5.74, 6) is 0.660. The molecule has 1 atom stereocenters. The van der Waals surface area contributed by atoms with Crippen LogP contribution in [0, 0.1) is 5.92 Å². The van der Waals surface area contributed by atoms with Crippen LogP contribution in [0.1, 0.15) is 19.8 Å². The Balaban J connectivity index is 2.68. The average molecular weight is 136 g/mol. The number of rotatable bonds is 1. The van der Waals surface area contributed by atoms with Crippen molar-refractivity contribution in [3.63, 3.8) is 0 Å². The molecule has 0 fully saturated rings. The van der Waals surface area contributed by atoms with Crippen molar-refractivity contribution in [1.29, 1.82) is 0 Å². The van der Waals surface area contributed by atoms with Gasteiger partial charge < -0.3 is 0 Å². The molecule has 0 aromatic heterocycles. The normalized spacial score (nSPS) is 25.9. The summed E-state index contributed by atoms with van der Waals surface area (Å²) in [6.07, 6.45) is 5.51. The molecule has 0 radical (unpaired) electrons. The van der Waals surface area contributed by atoms with Crippen molar-refractivity contribution in [3.8, 4) is 0 Å². The van der Waals surface area contributed by atoms with Crippen LogP contribution >= 0.6 is 0 Å². The van der Waals surface area contributed by atoms with Gasteiger partial charge in [-0.1, -0.05) is 12.2 Å². The van der Waals surface area contributed by atoms with Gasteiger partial charge in [0.15, 0.2) is 5.78 Å². The predicted molar refractivity (Wildman–Crippen MR) is 41.7 cm³/mol. The average Bonchev–Trinajstić information content (AvgIpc) is 1.95. The molecule has 0 heterocycles. The van der Waals surface area contributed by atoms with Crippen molar-refractivity contribution >= 4 is 5.78 Å². The highest BCUT2D eigenvalue weighted by Crippen LogP contribution is 2.20. The Kier molecular flexibility index (Phi) is 2.05. The van der Waals surface area contributed by atoms with Gasteiger partial charge in [0.2, 0.25) is 0 Å². The van der Waals surface area contributed by atoms with Gasteiger partial charge in [-0.2, -0.15) is 0 Å². The number of carbonyl (C=O) groups is 1. The lowest BCUT2D eigenvalue weighted by Gasteiger charge is -2.14. The van der Waals surface area contributed by atoms with Crippen LogP contribution in [0.15, 0.2) is 24.3 Å². The molecule has 0 amide bonds. The third kappa shape index (κ3) is 1.35. The van der Waals surface area contributed by atoms with Gasteiger partial charge in [0, 0.05) is 6.42 Å². The summed E-state index contributed by atoms with van der Waals surface area (Å²) >= 11 is 0. The summed E-state index contributed by atoms with van der Waals surface area (Å²) in [6.45, 7) is 5.54. The van der Waals surface area contributed by atoms with Crippen molar-refractivity contribution < 1.29 is 4.79 Å². The van der Waals surface area contributed by atoms with Gasteiger partial charge in [-0.15, -0.1) is 6.58 Å². The smallest absolute Gasteiger partial charge is 0.158 e. The largest absolute Gasteiger partial charge is 0.295 e. The van der Waals surface area contributed by atoms with E-state index in [1.165, 1.54) is 0 Å². The van der Waals surface area contributed by atoms with Crippen molar-refractivity contribution in [1.82, 2.24) is 0 Å². The van der Waals surface area contributed by atoms with E-state index in [4.69, 9.17) is 0 Å². The molecule has 0 saturated carbocycles. The van der Waals surface area contributed by atoms with E-state index < -0.39 is 0 Å². The zero-order valence-electron chi connectivity index (χ0n) is 6.26. The molecule has 1 heteroatoms. The Morgan fingerprint density at radius 3 is 3.00 bits per heavy atom. The standard InChI is InChI=1S/C9H12O/c1-3-8-5-4-7(2)9(10)6-8/h3-4,8H,1,5-6H2,2H3/t8-/m0/s1. The van der Waals surface area contributed by atoms with Crippen LogP contribution in [0.5, 0.6) is 0 Å². The minimum atomic E-state index is 0.274. The molecule has 0 saturated heterocycles. The molecule has 0 bridgehead atoms. The monoisotopic (exact) mass is 136 g/mol. The van der Waals surface area contributed by atoms with Crippen LogP contribution in [0.4, 0.5) is 0 Å². The van der Waals surface area contributed by atoms with Crippen LogP contribution in [-0.2, 0) is 4.79 Å². The minimum Gasteiger partial charge on any atom is -0.295 e. The van der Waals surface area contributed by atoms with Gasteiger partial charge >= 0.3 is 0 Å². The summed E-state index contributed by atoms with van der Waals surface area (Å²) in [5, 5.41) is 0. The van der Waals surface area contributed by atoms with Gasteiger partial charge in [0.05, 0.1) is 0 Å². The van der Waals surface area contributed by atoms with Crippen molar-refractivity contribution in [2.75, 3.05) is 0 Å². The Morgan fingerprint density at radius 2 is 2.50 bits per heavy atom. The first kappa shape index (κ1) is 7.26. The maximum atomic E-state index is 11.0. The highest BCUT2D eigenvalue weighted by molar-refractivity contribution is 5.95. The van der Waals surface area contributed by atoms with Gasteiger partial charge in [-0.3, -0.25) is 4.79 Å². The van der Waals surface area contributed by atoms with Crippen molar-refractivity contribution in [2.45, 2.75) is 19.8 Å². The molecule has 0 aromatic carbocycles. The third-order valence-corrected chi connectivity index (χ3v) is 1.95. The van der Waals surface area contributed by atoms with Gasteiger partial charge in [0.1, 0.15) is 0 Å². The highest BCUT2D eigenvalue weighted by atomic mass is 16.1. The molecule has 54 valence electrons. The number of ketones is 1. The lowest BCUT2D eigenvalue weighted by molar-refractivity contribution is -0.116. The van der Waals surface area contributed by atoms with E-state index >= 15 is 0 Å². The first-order valence-electron chi connectivity index (χ1n) is 3.56. The maximum absolute atomic E-state index is 11.0. The second kappa shape index (κ2) is 2.82. The summed E-state index contributed by atoms with van der Waals surface area (Å²) in [6, 6.07) is 0. The number of Topliss-reactive ketones (excluding diaryl/α,β-unsaturated/α-hetero) is 1. The zero-order valence-corrected chi connectivity index (χ0v) is 6.26. The molecule has 10 heavy (non-hydrogen) atoms. The van der Waals surface area contributed by atoms with Crippen LogP contribution in [0.2, 0.25) is 0 Å². The van der Waals surface area contributed by atoms with Gasteiger partial charge in [0.25, 0.3) is 0 Å². The molecule has 0 N–H and O–H groups in total. The molecule has 1 nitrogen and oxygen atoms in total. The van der Waals surface area contributed by atoms with E-state index in [2.05, 4.69) is 6.58 Å². The van der Waals surface area contributed by atoms with E-state index in [-0.39, 0.29) is 5.78 Å². The van der Waals surface area contributed by atoms with Crippen LogP contribution in [0.3, 0.4) is 0 Å². The van der Waals surface area contributed by atoms with Crippen LogP contribution < -0.4 is 0 Å². The van der Waals surface area contributed by atoms with Crippen LogP contribution in [0.25, 0.3) is 0 Å². The maximum Gasteiger partial charge on any atom is 0.158 e. The van der Waals surface area contributed by atoms with E-state index in [9.17, 15) is 4.79 Å². The first-order chi connectivity index (χ1) is 4.74. The second-order valence-corrected chi connectivity index (χ2v) is 2.75. The molecule has 1 aliphatic carbocycles. The van der Waals surface area contributed by atoms with E-state index in [1.807, 2.05) is 19.1 Å². The van der Waals surface area contributed by atoms with Crippen molar-refractivity contribution in [2.24, 2.45) is 5.92 Å².